The number of hydrogen-bond donors (Lipinski definition) is 1. The maximum absolute atomic E-state index is 13.1. The van der Waals surface area contributed by atoms with Crippen molar-refractivity contribution in [2.45, 2.75) is 19.9 Å². The zero-order valence-corrected chi connectivity index (χ0v) is 15.7. The van der Waals surface area contributed by atoms with E-state index in [1.54, 1.807) is 24.3 Å². The van der Waals surface area contributed by atoms with E-state index in [0.29, 0.717) is 16.8 Å². The number of hydrogen-bond acceptors (Lipinski definition) is 3. The molecule has 3 amide bonds. The highest BCUT2D eigenvalue weighted by Gasteiger charge is 2.43. The third kappa shape index (κ3) is 2.95. The smallest absolute Gasteiger partial charge is 0.262 e. The molecule has 0 saturated carbocycles. The van der Waals surface area contributed by atoms with Gasteiger partial charge in [0, 0.05) is 5.69 Å². The van der Waals surface area contributed by atoms with Crippen molar-refractivity contribution in [1.29, 1.82) is 0 Å². The second kappa shape index (κ2) is 6.93. The molecule has 140 valence electrons. The van der Waals surface area contributed by atoms with Crippen LogP contribution in [0.3, 0.4) is 0 Å². The van der Waals surface area contributed by atoms with Gasteiger partial charge in [-0.25, -0.2) is 0 Å². The molecule has 0 aliphatic carbocycles. The lowest BCUT2D eigenvalue weighted by Crippen LogP contribution is -2.50. The third-order valence-electron chi connectivity index (χ3n) is 5.02. The fraction of sp³-hybridized carbons (Fsp3) is 0.174. The summed E-state index contributed by atoms with van der Waals surface area (Å²) in [6.45, 7) is 3.66. The van der Waals surface area contributed by atoms with Crippen molar-refractivity contribution in [3.05, 3.63) is 77.9 Å². The normalized spacial score (nSPS) is 14.5. The van der Waals surface area contributed by atoms with Crippen molar-refractivity contribution in [1.82, 2.24) is 4.90 Å². The minimum atomic E-state index is -0.890. The Hall–Kier alpha value is -3.47. The van der Waals surface area contributed by atoms with Crippen LogP contribution in [0.4, 0.5) is 5.69 Å². The molecule has 0 aromatic heterocycles. The first-order chi connectivity index (χ1) is 13.5. The number of fused-ring (bicyclic) bond motifs is 2. The molecule has 1 heterocycles. The van der Waals surface area contributed by atoms with Crippen LogP contribution in [0.25, 0.3) is 10.8 Å². The van der Waals surface area contributed by atoms with Gasteiger partial charge < -0.3 is 5.32 Å². The summed E-state index contributed by atoms with van der Waals surface area (Å²) in [5.41, 5.74) is 1.32. The van der Waals surface area contributed by atoms with Crippen LogP contribution < -0.4 is 5.32 Å². The van der Waals surface area contributed by atoms with Crippen LogP contribution in [0.15, 0.2) is 66.7 Å². The summed E-state index contributed by atoms with van der Waals surface area (Å²) in [5.74, 6) is -1.46. The lowest BCUT2D eigenvalue weighted by molar-refractivity contribution is -0.121. The average Bonchev–Trinajstić information content (AvgIpc) is 2.93. The molecule has 1 aliphatic heterocycles. The van der Waals surface area contributed by atoms with Crippen LogP contribution in [-0.2, 0) is 4.79 Å². The molecule has 0 bridgehead atoms. The summed E-state index contributed by atoms with van der Waals surface area (Å²) in [6, 6.07) is 19.3. The molecule has 1 aliphatic rings. The first-order valence-corrected chi connectivity index (χ1v) is 9.24. The second-order valence-corrected chi connectivity index (χ2v) is 7.27. The quantitative estimate of drug-likeness (QED) is 0.701. The van der Waals surface area contributed by atoms with E-state index in [1.807, 2.05) is 56.3 Å². The Labute approximate surface area is 163 Å². The second-order valence-electron chi connectivity index (χ2n) is 7.27. The number of imide groups is 1. The Kier molecular flexibility index (Phi) is 4.43. The number of nitrogens with one attached hydrogen (secondary N) is 1. The molecular formula is C23H20N2O3. The number of rotatable bonds is 4. The van der Waals surface area contributed by atoms with Crippen molar-refractivity contribution in [3.63, 3.8) is 0 Å². The molecule has 5 heteroatoms. The summed E-state index contributed by atoms with van der Waals surface area (Å²) in [6.07, 6.45) is 0. The van der Waals surface area contributed by atoms with Gasteiger partial charge >= 0.3 is 0 Å². The number of nitrogens with zero attached hydrogens (tertiary/aromatic N) is 1. The van der Waals surface area contributed by atoms with Gasteiger partial charge in [-0.2, -0.15) is 0 Å². The van der Waals surface area contributed by atoms with E-state index < -0.39 is 17.9 Å². The van der Waals surface area contributed by atoms with E-state index in [-0.39, 0.29) is 11.8 Å². The Bertz CT molecular complexity index is 1070. The van der Waals surface area contributed by atoms with Gasteiger partial charge in [0.2, 0.25) is 5.91 Å². The lowest BCUT2D eigenvalue weighted by atomic mass is 10.0. The topological polar surface area (TPSA) is 66.5 Å². The predicted octanol–water partition coefficient (Wildman–Crippen LogP) is 4.10. The molecule has 4 rings (SSSR count). The summed E-state index contributed by atoms with van der Waals surface area (Å²) in [5, 5.41) is 4.95. The van der Waals surface area contributed by atoms with Crippen LogP contribution >= 0.6 is 0 Å². The van der Waals surface area contributed by atoms with E-state index >= 15 is 0 Å². The molecule has 0 saturated heterocycles. The van der Waals surface area contributed by atoms with Crippen molar-refractivity contribution < 1.29 is 14.4 Å². The maximum atomic E-state index is 13.1. The van der Waals surface area contributed by atoms with Gasteiger partial charge in [-0.15, -0.1) is 0 Å². The predicted molar refractivity (Wildman–Crippen MR) is 108 cm³/mol. The van der Waals surface area contributed by atoms with Crippen LogP contribution in [0, 0.1) is 5.92 Å². The zero-order chi connectivity index (χ0) is 19.8. The highest BCUT2D eigenvalue weighted by molar-refractivity contribution is 6.23. The first kappa shape index (κ1) is 17.9. The fourth-order valence-corrected chi connectivity index (χ4v) is 3.66. The van der Waals surface area contributed by atoms with Crippen molar-refractivity contribution in [2.75, 3.05) is 5.32 Å². The van der Waals surface area contributed by atoms with E-state index in [0.717, 1.165) is 15.7 Å². The van der Waals surface area contributed by atoms with Gasteiger partial charge in [-0.1, -0.05) is 56.3 Å². The molecule has 5 nitrogen and oxygen atoms in total. The third-order valence-corrected chi connectivity index (χ3v) is 5.02. The van der Waals surface area contributed by atoms with Crippen molar-refractivity contribution in [2.24, 2.45) is 5.92 Å². The SMILES string of the molecule is CC(C)[C@@H](C(=O)Nc1ccc2ccccc2c1)N1C(=O)c2ccccc2C1=O. The Morgan fingerprint density at radius 2 is 1.39 bits per heavy atom. The van der Waals surface area contributed by atoms with Crippen molar-refractivity contribution >= 4 is 34.2 Å². The molecule has 0 radical (unpaired) electrons. The molecule has 1 atom stereocenters. The molecule has 28 heavy (non-hydrogen) atoms. The van der Waals surface area contributed by atoms with Crippen LogP contribution in [-0.4, -0.2) is 28.7 Å². The van der Waals surface area contributed by atoms with Crippen LogP contribution in [0.1, 0.15) is 34.6 Å². The minimum absolute atomic E-state index is 0.234. The standard InChI is InChI=1S/C23H20N2O3/c1-14(2)20(25-22(27)18-9-5-6-10-19(18)23(25)28)21(26)24-17-12-11-15-7-3-4-8-16(15)13-17/h3-14,20H,1-2H3,(H,24,26)/t20-/m0/s1. The summed E-state index contributed by atoms with van der Waals surface area (Å²) < 4.78 is 0. The summed E-state index contributed by atoms with van der Waals surface area (Å²) >= 11 is 0. The molecule has 0 spiro atoms. The van der Waals surface area contributed by atoms with Gasteiger partial charge in [0.15, 0.2) is 0 Å². The number of benzene rings is 3. The minimum Gasteiger partial charge on any atom is -0.324 e. The number of carbonyl (C=O) groups excluding carboxylic acids is 3. The van der Waals surface area contributed by atoms with E-state index in [1.165, 1.54) is 0 Å². The number of carbonyl (C=O) groups is 3. The van der Waals surface area contributed by atoms with Crippen molar-refractivity contribution in [3.8, 4) is 0 Å². The van der Waals surface area contributed by atoms with Gasteiger partial charge in [-0.3, -0.25) is 19.3 Å². The molecule has 1 N–H and O–H groups in total. The van der Waals surface area contributed by atoms with Crippen LogP contribution in [0.2, 0.25) is 0 Å². The monoisotopic (exact) mass is 372 g/mol. The largest absolute Gasteiger partial charge is 0.324 e. The Morgan fingerprint density at radius 3 is 2.00 bits per heavy atom. The molecular weight excluding hydrogens is 352 g/mol. The highest BCUT2D eigenvalue weighted by Crippen LogP contribution is 2.28. The molecule has 0 unspecified atom stereocenters. The molecule has 0 fully saturated rings. The van der Waals surface area contributed by atoms with E-state index in [9.17, 15) is 14.4 Å². The zero-order valence-electron chi connectivity index (χ0n) is 15.7. The van der Waals surface area contributed by atoms with Gasteiger partial charge in [0.05, 0.1) is 11.1 Å². The fourth-order valence-electron chi connectivity index (χ4n) is 3.66. The van der Waals surface area contributed by atoms with Gasteiger partial charge in [0.1, 0.15) is 6.04 Å². The van der Waals surface area contributed by atoms with Gasteiger partial charge in [-0.05, 0) is 41.0 Å². The summed E-state index contributed by atoms with van der Waals surface area (Å²) in [4.78, 5) is 39.8. The summed E-state index contributed by atoms with van der Waals surface area (Å²) in [7, 11) is 0. The van der Waals surface area contributed by atoms with Gasteiger partial charge in [0.25, 0.3) is 11.8 Å². The highest BCUT2D eigenvalue weighted by atomic mass is 16.2. The lowest BCUT2D eigenvalue weighted by Gasteiger charge is -2.28. The Morgan fingerprint density at radius 1 is 0.821 bits per heavy atom. The number of anilines is 1. The van der Waals surface area contributed by atoms with Crippen LogP contribution in [0.5, 0.6) is 0 Å². The first-order valence-electron chi connectivity index (χ1n) is 9.24. The molecule has 3 aromatic carbocycles. The maximum Gasteiger partial charge on any atom is 0.262 e. The molecule has 3 aromatic rings. The van der Waals surface area contributed by atoms with E-state index in [2.05, 4.69) is 5.32 Å². The number of amides is 3. The Balaban J connectivity index is 1.64. The van der Waals surface area contributed by atoms with E-state index in [4.69, 9.17) is 0 Å². The average molecular weight is 372 g/mol.